The second-order valence-electron chi connectivity index (χ2n) is 8.41. The van der Waals surface area contributed by atoms with Crippen LogP contribution in [0.4, 0.5) is 0 Å². The van der Waals surface area contributed by atoms with Crippen LogP contribution in [0, 0.1) is 0 Å². The number of rotatable bonds is 13. The molecule has 3 N–H and O–H groups in total. The van der Waals surface area contributed by atoms with Gasteiger partial charge < -0.3 is 9.47 Å². The average molecular weight is 500 g/mol. The highest BCUT2D eigenvalue weighted by Crippen LogP contribution is 2.21. The van der Waals surface area contributed by atoms with Crippen molar-refractivity contribution in [2.75, 3.05) is 13.2 Å². The third kappa shape index (κ3) is 10.8. The summed E-state index contributed by atoms with van der Waals surface area (Å²) in [5.41, 5.74) is 6.57. The number of amides is 2. The Morgan fingerprint density at radius 1 is 0.857 bits per heavy atom. The summed E-state index contributed by atoms with van der Waals surface area (Å²) in [4.78, 5) is 24.4. The van der Waals surface area contributed by atoms with Gasteiger partial charge in [0.2, 0.25) is 0 Å². The quantitative estimate of drug-likeness (QED) is 0.198. The van der Waals surface area contributed by atoms with Gasteiger partial charge >= 0.3 is 0 Å². The van der Waals surface area contributed by atoms with Crippen LogP contribution in [0.15, 0.2) is 48.5 Å². The number of unbranched alkanes of at least 4 members (excludes halogenated alkanes) is 4. The normalized spacial score (nSPS) is 11.3. The molecule has 2 rings (SSSR count). The fraction of sp³-hybridized carbons (Fsp3) is 0.444. The Balaban J connectivity index is 1.66. The van der Waals surface area contributed by atoms with E-state index >= 15 is 0 Å². The van der Waals surface area contributed by atoms with E-state index in [9.17, 15) is 9.59 Å². The van der Waals surface area contributed by atoms with Gasteiger partial charge in [-0.2, -0.15) is 0 Å². The van der Waals surface area contributed by atoms with E-state index in [-0.39, 0.29) is 17.6 Å². The summed E-state index contributed by atoms with van der Waals surface area (Å²) >= 11 is 5.08. The van der Waals surface area contributed by atoms with Gasteiger partial charge in [0, 0.05) is 5.56 Å². The SMILES string of the molecule is CCCCCCCOc1ccc(C(=O)NC(=S)NNC(=O)COc2ccc(C(C)CC)cc2)cc1. The van der Waals surface area contributed by atoms with E-state index in [1.165, 1.54) is 24.8 Å². The van der Waals surface area contributed by atoms with Crippen molar-refractivity contribution in [3.05, 3.63) is 59.7 Å². The van der Waals surface area contributed by atoms with Crippen molar-refractivity contribution in [3.8, 4) is 11.5 Å². The Kier molecular flexibility index (Phi) is 12.6. The van der Waals surface area contributed by atoms with Gasteiger partial charge in [-0.1, -0.05) is 58.6 Å². The molecule has 0 fully saturated rings. The van der Waals surface area contributed by atoms with E-state index in [0.29, 0.717) is 23.8 Å². The molecule has 7 nitrogen and oxygen atoms in total. The monoisotopic (exact) mass is 499 g/mol. The molecule has 0 bridgehead atoms. The van der Waals surface area contributed by atoms with E-state index in [4.69, 9.17) is 21.7 Å². The maximum absolute atomic E-state index is 12.4. The first kappa shape index (κ1) is 28.1. The molecule has 0 aromatic heterocycles. The molecule has 190 valence electrons. The molecule has 2 aromatic carbocycles. The van der Waals surface area contributed by atoms with Gasteiger partial charge in [0.25, 0.3) is 11.8 Å². The number of ether oxygens (including phenoxy) is 2. The van der Waals surface area contributed by atoms with E-state index < -0.39 is 5.91 Å². The maximum Gasteiger partial charge on any atom is 0.276 e. The Hall–Kier alpha value is -3.13. The minimum atomic E-state index is -0.427. The molecule has 0 saturated heterocycles. The topological polar surface area (TPSA) is 88.7 Å². The van der Waals surface area contributed by atoms with Crippen LogP contribution in [0.25, 0.3) is 0 Å². The number of hydrazine groups is 1. The predicted octanol–water partition coefficient (Wildman–Crippen LogP) is 5.26. The second-order valence-corrected chi connectivity index (χ2v) is 8.82. The summed E-state index contributed by atoms with van der Waals surface area (Å²) in [6.45, 7) is 6.97. The summed E-state index contributed by atoms with van der Waals surface area (Å²) in [6.07, 6.45) is 6.94. The second kappa shape index (κ2) is 15.7. The average Bonchev–Trinajstić information content (AvgIpc) is 2.88. The number of carbonyl (C=O) groups excluding carboxylic acids is 2. The van der Waals surface area contributed by atoms with E-state index in [0.717, 1.165) is 25.0 Å². The molecule has 8 heteroatoms. The molecule has 0 radical (unpaired) electrons. The smallest absolute Gasteiger partial charge is 0.276 e. The molecule has 35 heavy (non-hydrogen) atoms. The summed E-state index contributed by atoms with van der Waals surface area (Å²) in [7, 11) is 0. The summed E-state index contributed by atoms with van der Waals surface area (Å²) in [6, 6.07) is 14.5. The molecular weight excluding hydrogens is 462 g/mol. The van der Waals surface area contributed by atoms with Crippen molar-refractivity contribution in [3.63, 3.8) is 0 Å². The minimum absolute atomic E-state index is 0.0198. The van der Waals surface area contributed by atoms with Gasteiger partial charge in [-0.25, -0.2) is 0 Å². The lowest BCUT2D eigenvalue weighted by atomic mass is 9.99. The lowest BCUT2D eigenvalue weighted by molar-refractivity contribution is -0.123. The van der Waals surface area contributed by atoms with Crippen LogP contribution in [0.1, 0.15) is 81.1 Å². The summed E-state index contributed by atoms with van der Waals surface area (Å²) in [5.74, 6) is 0.986. The number of carbonyl (C=O) groups is 2. The van der Waals surface area contributed by atoms with Crippen molar-refractivity contribution in [2.24, 2.45) is 0 Å². The first-order chi connectivity index (χ1) is 16.9. The minimum Gasteiger partial charge on any atom is -0.494 e. The highest BCUT2D eigenvalue weighted by molar-refractivity contribution is 7.80. The first-order valence-electron chi connectivity index (χ1n) is 12.3. The molecule has 2 aromatic rings. The molecule has 0 aliphatic heterocycles. The number of hydrogen-bond acceptors (Lipinski definition) is 5. The first-order valence-corrected chi connectivity index (χ1v) is 12.7. The number of hydrogen-bond donors (Lipinski definition) is 3. The predicted molar refractivity (Wildman–Crippen MR) is 143 cm³/mol. The van der Waals surface area contributed by atoms with Crippen molar-refractivity contribution in [2.45, 2.75) is 65.2 Å². The van der Waals surface area contributed by atoms with Crippen LogP contribution in [0.2, 0.25) is 0 Å². The lowest BCUT2D eigenvalue weighted by Gasteiger charge is -2.12. The van der Waals surface area contributed by atoms with Crippen LogP contribution in [-0.4, -0.2) is 30.1 Å². The lowest BCUT2D eigenvalue weighted by Crippen LogP contribution is -2.49. The Morgan fingerprint density at radius 2 is 1.49 bits per heavy atom. The molecule has 0 aliphatic rings. The Labute approximate surface area is 213 Å². The molecule has 0 spiro atoms. The third-order valence-corrected chi connectivity index (χ3v) is 5.81. The largest absolute Gasteiger partial charge is 0.494 e. The Morgan fingerprint density at radius 3 is 2.14 bits per heavy atom. The van der Waals surface area contributed by atoms with Crippen LogP contribution in [0.5, 0.6) is 11.5 Å². The highest BCUT2D eigenvalue weighted by Gasteiger charge is 2.10. The van der Waals surface area contributed by atoms with Crippen LogP contribution in [0.3, 0.4) is 0 Å². The number of thiocarbonyl (C=S) groups is 1. The van der Waals surface area contributed by atoms with Gasteiger partial charge in [0.1, 0.15) is 11.5 Å². The molecule has 0 heterocycles. The summed E-state index contributed by atoms with van der Waals surface area (Å²) < 4.78 is 11.2. The molecule has 2 amide bonds. The van der Waals surface area contributed by atoms with Gasteiger partial charge in [-0.3, -0.25) is 25.8 Å². The molecule has 0 aliphatic carbocycles. The fourth-order valence-electron chi connectivity index (χ4n) is 3.24. The molecule has 0 saturated carbocycles. The van der Waals surface area contributed by atoms with Crippen LogP contribution >= 0.6 is 12.2 Å². The highest BCUT2D eigenvalue weighted by atomic mass is 32.1. The zero-order valence-electron chi connectivity index (χ0n) is 20.9. The molecule has 1 atom stereocenters. The van der Waals surface area contributed by atoms with Gasteiger partial charge in [0.05, 0.1) is 6.61 Å². The van der Waals surface area contributed by atoms with E-state index in [1.807, 2.05) is 24.3 Å². The van der Waals surface area contributed by atoms with Crippen molar-refractivity contribution in [1.82, 2.24) is 16.2 Å². The molecular formula is C27H37N3O4S. The molecule has 1 unspecified atom stereocenters. The third-order valence-electron chi connectivity index (χ3n) is 5.61. The van der Waals surface area contributed by atoms with Gasteiger partial charge in [0.15, 0.2) is 11.7 Å². The Bertz CT molecular complexity index is 932. The fourth-order valence-corrected chi connectivity index (χ4v) is 3.39. The zero-order chi connectivity index (χ0) is 25.5. The van der Waals surface area contributed by atoms with Crippen molar-refractivity contribution >= 4 is 29.1 Å². The van der Waals surface area contributed by atoms with Crippen molar-refractivity contribution in [1.29, 1.82) is 0 Å². The standard InChI is InChI=1S/C27H37N3O4S/c1-4-6-7-8-9-18-33-23-16-12-22(13-17-23)26(32)28-27(35)30-29-25(31)19-34-24-14-10-21(11-15-24)20(3)5-2/h10-17,20H,4-9,18-19H2,1-3H3,(H,29,31)(H2,28,30,32,35). The zero-order valence-corrected chi connectivity index (χ0v) is 21.7. The van der Waals surface area contributed by atoms with Crippen LogP contribution < -0.4 is 25.6 Å². The van der Waals surface area contributed by atoms with E-state index in [1.54, 1.807) is 24.3 Å². The van der Waals surface area contributed by atoms with E-state index in [2.05, 4.69) is 36.9 Å². The summed E-state index contributed by atoms with van der Waals surface area (Å²) in [5, 5.41) is 2.50. The maximum atomic E-state index is 12.4. The van der Waals surface area contributed by atoms with Crippen molar-refractivity contribution < 1.29 is 19.1 Å². The number of benzene rings is 2. The number of nitrogens with one attached hydrogen (secondary N) is 3. The van der Waals surface area contributed by atoms with Crippen LogP contribution in [-0.2, 0) is 4.79 Å². The van der Waals surface area contributed by atoms with Gasteiger partial charge in [-0.05, 0) is 72.9 Å². The van der Waals surface area contributed by atoms with Gasteiger partial charge in [-0.15, -0.1) is 0 Å².